The highest BCUT2D eigenvalue weighted by atomic mass is 32.2. The summed E-state index contributed by atoms with van der Waals surface area (Å²) in [6.45, 7) is 7.27. The van der Waals surface area contributed by atoms with Crippen molar-refractivity contribution in [2.45, 2.75) is 38.4 Å². The molecule has 1 aliphatic heterocycles. The van der Waals surface area contributed by atoms with Crippen LogP contribution in [0.3, 0.4) is 0 Å². The Morgan fingerprint density at radius 1 is 0.892 bits per heavy atom. The molecule has 10 nitrogen and oxygen atoms in total. The Kier molecular flexibility index (Phi) is 6.84. The Labute approximate surface area is 214 Å². The lowest BCUT2D eigenvalue weighted by Gasteiger charge is -2.34. The van der Waals surface area contributed by atoms with Crippen LogP contribution in [0.2, 0.25) is 0 Å². The summed E-state index contributed by atoms with van der Waals surface area (Å²) in [6.07, 6.45) is 3.53. The van der Waals surface area contributed by atoms with Crippen molar-refractivity contribution >= 4 is 21.1 Å². The van der Waals surface area contributed by atoms with Crippen molar-refractivity contribution < 1.29 is 8.42 Å². The van der Waals surface area contributed by atoms with E-state index in [0.717, 1.165) is 17.7 Å². The number of pyridine rings is 1. The van der Waals surface area contributed by atoms with Gasteiger partial charge in [-0.15, -0.1) is 0 Å². The molecule has 11 heteroatoms. The summed E-state index contributed by atoms with van der Waals surface area (Å²) in [5.74, 6) is 0. The molecule has 0 spiro atoms. The van der Waals surface area contributed by atoms with Gasteiger partial charge in [0, 0.05) is 63.9 Å². The number of hydrogen-bond acceptors (Lipinski definition) is 6. The van der Waals surface area contributed by atoms with Crippen LogP contribution < -0.4 is 11.2 Å². The lowest BCUT2D eigenvalue weighted by atomic mass is 10.1. The number of nitrogens with zero attached hydrogens (tertiary/aromatic N) is 5. The number of nitrogens with one attached hydrogen (secondary N) is 1. The standard InChI is InChI=1S/C26H30N6O4S/c1-3-31-23-17-22(28-24(23)25(33)32(4-2)26(31)34)20-5-7-21(8-6-20)37(35,36)30-15-13-29(14-16-30)18-19-9-11-27-12-10-19/h5-12,17,28H,3-4,13-16,18H2,1-2H3. The smallest absolute Gasteiger partial charge is 0.331 e. The number of H-pyrrole nitrogens is 1. The molecule has 194 valence electrons. The largest absolute Gasteiger partial charge is 0.349 e. The molecule has 4 aromatic rings. The molecular weight excluding hydrogens is 492 g/mol. The molecule has 37 heavy (non-hydrogen) atoms. The minimum Gasteiger partial charge on any atom is -0.349 e. The van der Waals surface area contributed by atoms with Gasteiger partial charge in [-0.1, -0.05) is 12.1 Å². The lowest BCUT2D eigenvalue weighted by Crippen LogP contribution is -2.48. The fraction of sp³-hybridized carbons (Fsp3) is 0.346. The van der Waals surface area contributed by atoms with E-state index in [1.54, 1.807) is 54.2 Å². The molecule has 3 aromatic heterocycles. The average molecular weight is 523 g/mol. The molecule has 1 N–H and O–H groups in total. The van der Waals surface area contributed by atoms with Gasteiger partial charge in [0.05, 0.1) is 10.4 Å². The second kappa shape index (κ2) is 10.1. The molecule has 1 saturated heterocycles. The van der Waals surface area contributed by atoms with Crippen molar-refractivity contribution in [3.05, 3.63) is 81.3 Å². The number of aryl methyl sites for hydroxylation is 1. The van der Waals surface area contributed by atoms with Crippen LogP contribution in [-0.2, 0) is 29.7 Å². The summed E-state index contributed by atoms with van der Waals surface area (Å²) in [5.41, 5.74) is 2.74. The second-order valence-corrected chi connectivity index (χ2v) is 11.0. The summed E-state index contributed by atoms with van der Waals surface area (Å²) in [5, 5.41) is 0. The van der Waals surface area contributed by atoms with Crippen molar-refractivity contribution in [1.82, 2.24) is 28.3 Å². The van der Waals surface area contributed by atoms with Gasteiger partial charge in [-0.3, -0.25) is 23.8 Å². The van der Waals surface area contributed by atoms with Crippen molar-refractivity contribution in [3.8, 4) is 11.3 Å². The van der Waals surface area contributed by atoms with E-state index in [0.29, 0.717) is 49.5 Å². The van der Waals surface area contributed by atoms with Crippen LogP contribution in [0.5, 0.6) is 0 Å². The first kappa shape index (κ1) is 25.1. The van der Waals surface area contributed by atoms with Gasteiger partial charge in [-0.25, -0.2) is 13.2 Å². The first-order valence-electron chi connectivity index (χ1n) is 12.4. The molecule has 0 radical (unpaired) electrons. The zero-order chi connectivity index (χ0) is 26.2. The number of aromatic nitrogens is 4. The Hall–Kier alpha value is -3.54. The third-order valence-electron chi connectivity index (χ3n) is 6.93. The number of benzene rings is 1. The topological polar surface area (TPSA) is 113 Å². The van der Waals surface area contributed by atoms with Crippen molar-refractivity contribution in [2.24, 2.45) is 0 Å². The van der Waals surface area contributed by atoms with Crippen molar-refractivity contribution in [3.63, 3.8) is 0 Å². The van der Waals surface area contributed by atoms with Gasteiger partial charge < -0.3 is 4.98 Å². The molecule has 1 aliphatic rings. The lowest BCUT2D eigenvalue weighted by molar-refractivity contribution is 0.181. The quantitative estimate of drug-likeness (QED) is 0.398. The van der Waals surface area contributed by atoms with E-state index >= 15 is 0 Å². The summed E-state index contributed by atoms with van der Waals surface area (Å²) in [7, 11) is -3.63. The van der Waals surface area contributed by atoms with Gasteiger partial charge in [0.1, 0.15) is 5.52 Å². The summed E-state index contributed by atoms with van der Waals surface area (Å²) < 4.78 is 30.9. The maximum atomic E-state index is 13.3. The van der Waals surface area contributed by atoms with Gasteiger partial charge >= 0.3 is 5.69 Å². The number of aromatic amines is 1. The van der Waals surface area contributed by atoms with Crippen molar-refractivity contribution in [2.75, 3.05) is 26.2 Å². The highest BCUT2D eigenvalue weighted by molar-refractivity contribution is 7.89. The maximum Gasteiger partial charge on any atom is 0.331 e. The molecule has 5 rings (SSSR count). The van der Waals surface area contributed by atoms with E-state index in [4.69, 9.17) is 0 Å². The Balaban J connectivity index is 1.35. The molecule has 0 bridgehead atoms. The van der Waals surface area contributed by atoms with Crippen LogP contribution in [0.4, 0.5) is 0 Å². The second-order valence-electron chi connectivity index (χ2n) is 9.08. The van der Waals surface area contributed by atoms with Gasteiger partial charge in [-0.2, -0.15) is 4.31 Å². The van der Waals surface area contributed by atoms with E-state index in [9.17, 15) is 18.0 Å². The van der Waals surface area contributed by atoms with Crippen LogP contribution >= 0.6 is 0 Å². The van der Waals surface area contributed by atoms with Crippen LogP contribution in [0.15, 0.2) is 69.3 Å². The Morgan fingerprint density at radius 2 is 1.54 bits per heavy atom. The number of piperazine rings is 1. The Morgan fingerprint density at radius 3 is 2.16 bits per heavy atom. The fourth-order valence-corrected chi connectivity index (χ4v) is 6.28. The summed E-state index contributed by atoms with van der Waals surface area (Å²) in [4.78, 5) is 35.1. The third kappa shape index (κ3) is 4.65. The zero-order valence-electron chi connectivity index (χ0n) is 20.9. The minimum absolute atomic E-state index is 0.230. The molecule has 1 fully saturated rings. The molecule has 1 aromatic carbocycles. The number of rotatable bonds is 7. The van der Waals surface area contributed by atoms with Gasteiger partial charge in [0.25, 0.3) is 5.56 Å². The van der Waals surface area contributed by atoms with Crippen LogP contribution in [-0.4, -0.2) is 62.9 Å². The fourth-order valence-electron chi connectivity index (χ4n) is 4.86. The van der Waals surface area contributed by atoms with Crippen molar-refractivity contribution in [1.29, 1.82) is 0 Å². The molecular formula is C26H30N6O4S. The highest BCUT2D eigenvalue weighted by Crippen LogP contribution is 2.25. The molecule has 0 saturated carbocycles. The third-order valence-corrected chi connectivity index (χ3v) is 8.84. The van der Waals surface area contributed by atoms with Gasteiger partial charge in [-0.05, 0) is 55.3 Å². The maximum absolute atomic E-state index is 13.3. The van der Waals surface area contributed by atoms with E-state index < -0.39 is 10.0 Å². The van der Waals surface area contributed by atoms with E-state index in [2.05, 4.69) is 14.9 Å². The SMILES string of the molecule is CCn1c(=O)c2[nH]c(-c3ccc(S(=O)(=O)N4CCN(Cc5ccncc5)CC4)cc3)cc2n(CC)c1=O. The minimum atomic E-state index is -3.63. The molecule has 0 amide bonds. The van der Waals surface area contributed by atoms with Crippen LogP contribution in [0.1, 0.15) is 19.4 Å². The summed E-state index contributed by atoms with van der Waals surface area (Å²) in [6, 6.07) is 12.4. The highest BCUT2D eigenvalue weighted by Gasteiger charge is 2.28. The Bertz CT molecular complexity index is 1630. The predicted molar refractivity (Wildman–Crippen MR) is 142 cm³/mol. The van der Waals surface area contributed by atoms with E-state index in [1.807, 2.05) is 19.1 Å². The number of hydrogen-bond donors (Lipinski definition) is 1. The van der Waals surface area contributed by atoms with Gasteiger partial charge in [0.15, 0.2) is 0 Å². The van der Waals surface area contributed by atoms with Gasteiger partial charge in [0.2, 0.25) is 10.0 Å². The monoisotopic (exact) mass is 522 g/mol. The van der Waals surface area contributed by atoms with Crippen LogP contribution in [0, 0.1) is 0 Å². The molecule has 0 aliphatic carbocycles. The predicted octanol–water partition coefficient (Wildman–Crippen LogP) is 2.10. The van der Waals surface area contributed by atoms with E-state index in [1.165, 1.54) is 8.87 Å². The normalized spacial score (nSPS) is 15.4. The molecule has 4 heterocycles. The molecule has 0 atom stereocenters. The number of sulfonamides is 1. The van der Waals surface area contributed by atoms with Crippen LogP contribution in [0.25, 0.3) is 22.3 Å². The zero-order valence-corrected chi connectivity index (χ0v) is 21.7. The first-order valence-corrected chi connectivity index (χ1v) is 13.9. The first-order chi connectivity index (χ1) is 17.8. The molecule has 0 unspecified atom stereocenters. The van der Waals surface area contributed by atoms with E-state index in [-0.39, 0.29) is 22.7 Å². The number of fused-ring (bicyclic) bond motifs is 1. The summed E-state index contributed by atoms with van der Waals surface area (Å²) >= 11 is 0. The average Bonchev–Trinajstić information content (AvgIpc) is 3.36.